The molecule has 1 fully saturated rings. The second-order valence-electron chi connectivity index (χ2n) is 5.09. The van der Waals surface area contributed by atoms with E-state index in [-0.39, 0.29) is 17.2 Å². The van der Waals surface area contributed by atoms with Gasteiger partial charge in [0, 0.05) is 18.8 Å². The van der Waals surface area contributed by atoms with Crippen molar-refractivity contribution in [3.63, 3.8) is 0 Å². The second-order valence-corrected chi connectivity index (χ2v) is 5.09. The highest BCUT2D eigenvalue weighted by Crippen LogP contribution is 2.21. The van der Waals surface area contributed by atoms with Crippen molar-refractivity contribution in [3.8, 4) is 5.75 Å². The zero-order valence-electron chi connectivity index (χ0n) is 12.2. The molecule has 1 saturated heterocycles. The van der Waals surface area contributed by atoms with Crippen LogP contribution in [0.4, 0.5) is 4.39 Å². The number of halogens is 1. The maximum atomic E-state index is 13.4. The van der Waals surface area contributed by atoms with Crippen LogP contribution in [0.25, 0.3) is 0 Å². The van der Waals surface area contributed by atoms with Crippen LogP contribution in [0.1, 0.15) is 23.2 Å². The summed E-state index contributed by atoms with van der Waals surface area (Å²) >= 11 is 0. The van der Waals surface area contributed by atoms with Crippen LogP contribution in [0, 0.1) is 11.7 Å². The zero-order chi connectivity index (χ0) is 16.1. The van der Waals surface area contributed by atoms with E-state index < -0.39 is 23.7 Å². The Labute approximate surface area is 127 Å². The summed E-state index contributed by atoms with van der Waals surface area (Å²) in [5.41, 5.74) is 0.150. The summed E-state index contributed by atoms with van der Waals surface area (Å²) in [4.78, 5) is 23.6. The molecular formula is C15H18FNO5. The first-order chi connectivity index (χ1) is 10.5. The number of aliphatic carboxylic acids is 1. The molecular weight excluding hydrogens is 293 g/mol. The molecule has 7 heteroatoms. The maximum absolute atomic E-state index is 13.4. The number of nitrogens with one attached hydrogen (secondary N) is 1. The molecule has 1 aromatic carbocycles. The van der Waals surface area contributed by atoms with Gasteiger partial charge in [-0.3, -0.25) is 4.79 Å². The largest absolute Gasteiger partial charge is 0.494 e. The lowest BCUT2D eigenvalue weighted by Gasteiger charge is -2.28. The summed E-state index contributed by atoms with van der Waals surface area (Å²) in [6.07, 6.45) is 1.15. The molecule has 6 nitrogen and oxygen atoms in total. The SMILES string of the molecule is COc1cc(C(=O)NC(C(=O)O)C2CCOCC2)ccc1F. The lowest BCUT2D eigenvalue weighted by molar-refractivity contribution is -0.141. The van der Waals surface area contributed by atoms with E-state index in [0.29, 0.717) is 26.1 Å². The van der Waals surface area contributed by atoms with E-state index in [4.69, 9.17) is 9.47 Å². The van der Waals surface area contributed by atoms with Gasteiger partial charge in [0.25, 0.3) is 5.91 Å². The van der Waals surface area contributed by atoms with Gasteiger partial charge in [0.15, 0.2) is 11.6 Å². The number of carboxylic acids is 1. The number of benzene rings is 1. The lowest BCUT2D eigenvalue weighted by atomic mass is 9.91. The Morgan fingerprint density at radius 1 is 1.41 bits per heavy atom. The third kappa shape index (κ3) is 3.73. The van der Waals surface area contributed by atoms with Crippen LogP contribution in [-0.4, -0.2) is 43.3 Å². The standard InChI is InChI=1S/C15H18FNO5/c1-21-12-8-10(2-3-11(12)16)14(18)17-13(15(19)20)9-4-6-22-7-5-9/h2-3,8-9,13H,4-7H2,1H3,(H,17,18)(H,19,20). The molecule has 1 aliphatic heterocycles. The molecule has 0 saturated carbocycles. The maximum Gasteiger partial charge on any atom is 0.326 e. The second kappa shape index (κ2) is 7.22. The fourth-order valence-corrected chi connectivity index (χ4v) is 2.46. The highest BCUT2D eigenvalue weighted by atomic mass is 19.1. The Kier molecular flexibility index (Phi) is 5.32. The minimum absolute atomic E-state index is 0.0643. The summed E-state index contributed by atoms with van der Waals surface area (Å²) in [6, 6.07) is 2.65. The lowest BCUT2D eigenvalue weighted by Crippen LogP contribution is -2.47. The monoisotopic (exact) mass is 311 g/mol. The van der Waals surface area contributed by atoms with E-state index in [1.54, 1.807) is 0 Å². The van der Waals surface area contributed by atoms with Crippen molar-refractivity contribution in [3.05, 3.63) is 29.6 Å². The summed E-state index contributed by atoms with van der Waals surface area (Å²) in [7, 11) is 1.29. The first-order valence-corrected chi connectivity index (χ1v) is 6.98. The molecule has 0 radical (unpaired) electrons. The molecule has 1 amide bonds. The topological polar surface area (TPSA) is 84.9 Å². The third-order valence-corrected chi connectivity index (χ3v) is 3.70. The number of methoxy groups -OCH3 is 1. The van der Waals surface area contributed by atoms with Crippen molar-refractivity contribution in [1.82, 2.24) is 5.32 Å². The van der Waals surface area contributed by atoms with Gasteiger partial charge in [-0.15, -0.1) is 0 Å². The van der Waals surface area contributed by atoms with Crippen LogP contribution in [0.3, 0.4) is 0 Å². The van der Waals surface area contributed by atoms with Gasteiger partial charge in [0.05, 0.1) is 7.11 Å². The Morgan fingerprint density at radius 3 is 2.68 bits per heavy atom. The molecule has 1 aromatic rings. The van der Waals surface area contributed by atoms with Crippen LogP contribution in [0.2, 0.25) is 0 Å². The Morgan fingerprint density at radius 2 is 2.09 bits per heavy atom. The van der Waals surface area contributed by atoms with Gasteiger partial charge in [-0.1, -0.05) is 0 Å². The van der Waals surface area contributed by atoms with Crippen molar-refractivity contribution in [1.29, 1.82) is 0 Å². The van der Waals surface area contributed by atoms with E-state index in [9.17, 15) is 19.1 Å². The smallest absolute Gasteiger partial charge is 0.326 e. The Balaban J connectivity index is 2.12. The molecule has 2 N–H and O–H groups in total. The first-order valence-electron chi connectivity index (χ1n) is 6.98. The van der Waals surface area contributed by atoms with E-state index in [0.717, 1.165) is 6.07 Å². The highest BCUT2D eigenvalue weighted by molar-refractivity contribution is 5.97. The van der Waals surface area contributed by atoms with Gasteiger partial charge in [0.2, 0.25) is 0 Å². The van der Waals surface area contributed by atoms with Gasteiger partial charge in [-0.2, -0.15) is 0 Å². The molecule has 1 heterocycles. The van der Waals surface area contributed by atoms with Crippen LogP contribution in [-0.2, 0) is 9.53 Å². The third-order valence-electron chi connectivity index (χ3n) is 3.70. The van der Waals surface area contributed by atoms with Gasteiger partial charge < -0.3 is 19.9 Å². The average Bonchev–Trinajstić information content (AvgIpc) is 2.53. The van der Waals surface area contributed by atoms with Gasteiger partial charge in [0.1, 0.15) is 6.04 Å². The van der Waals surface area contributed by atoms with Crippen molar-refractivity contribution >= 4 is 11.9 Å². The fourth-order valence-electron chi connectivity index (χ4n) is 2.46. The molecule has 0 bridgehead atoms. The van der Waals surface area contributed by atoms with Crippen LogP contribution >= 0.6 is 0 Å². The molecule has 0 aliphatic carbocycles. The number of carboxylic acid groups (broad SMARTS) is 1. The molecule has 0 spiro atoms. The number of hydrogen-bond donors (Lipinski definition) is 2. The van der Waals surface area contributed by atoms with Crippen LogP contribution in [0.5, 0.6) is 5.75 Å². The number of carbonyl (C=O) groups is 2. The van der Waals surface area contributed by atoms with Crippen LogP contribution in [0.15, 0.2) is 18.2 Å². The number of carbonyl (C=O) groups excluding carboxylic acids is 1. The molecule has 1 unspecified atom stereocenters. The molecule has 2 rings (SSSR count). The predicted molar refractivity (Wildman–Crippen MR) is 75.4 cm³/mol. The predicted octanol–water partition coefficient (Wildman–Crippen LogP) is 1.44. The quantitative estimate of drug-likeness (QED) is 0.859. The van der Waals surface area contributed by atoms with Gasteiger partial charge >= 0.3 is 5.97 Å². The van der Waals surface area contributed by atoms with Crippen molar-refractivity contribution in [2.75, 3.05) is 20.3 Å². The van der Waals surface area contributed by atoms with E-state index in [1.807, 2.05) is 0 Å². The number of rotatable bonds is 5. The minimum Gasteiger partial charge on any atom is -0.494 e. The number of hydrogen-bond acceptors (Lipinski definition) is 4. The average molecular weight is 311 g/mol. The van der Waals surface area contributed by atoms with Crippen molar-refractivity contribution in [2.24, 2.45) is 5.92 Å². The van der Waals surface area contributed by atoms with E-state index >= 15 is 0 Å². The van der Waals surface area contributed by atoms with E-state index in [2.05, 4.69) is 5.32 Å². The summed E-state index contributed by atoms with van der Waals surface area (Å²) in [5, 5.41) is 11.8. The Bertz CT molecular complexity index is 557. The van der Waals surface area contributed by atoms with Gasteiger partial charge in [-0.25, -0.2) is 9.18 Å². The number of amides is 1. The fraction of sp³-hybridized carbons (Fsp3) is 0.467. The minimum atomic E-state index is -1.09. The summed E-state index contributed by atoms with van der Waals surface area (Å²) in [5.74, 6) is -2.49. The summed E-state index contributed by atoms with van der Waals surface area (Å²) < 4.78 is 23.4. The van der Waals surface area contributed by atoms with Crippen LogP contribution < -0.4 is 10.1 Å². The first kappa shape index (κ1) is 16.2. The molecule has 1 aliphatic rings. The van der Waals surface area contributed by atoms with Crippen molar-refractivity contribution in [2.45, 2.75) is 18.9 Å². The van der Waals surface area contributed by atoms with E-state index in [1.165, 1.54) is 19.2 Å². The normalized spacial score (nSPS) is 16.8. The Hall–Kier alpha value is -2.15. The number of ether oxygens (including phenoxy) is 2. The highest BCUT2D eigenvalue weighted by Gasteiger charge is 2.31. The molecule has 22 heavy (non-hydrogen) atoms. The molecule has 120 valence electrons. The van der Waals surface area contributed by atoms with Crippen molar-refractivity contribution < 1.29 is 28.6 Å². The molecule has 0 aromatic heterocycles. The van der Waals surface area contributed by atoms with Gasteiger partial charge in [-0.05, 0) is 37.0 Å². The summed E-state index contributed by atoms with van der Waals surface area (Å²) in [6.45, 7) is 0.962. The zero-order valence-corrected chi connectivity index (χ0v) is 12.2. The molecule has 1 atom stereocenters.